The summed E-state index contributed by atoms with van der Waals surface area (Å²) in [6.07, 6.45) is 8.42. The van der Waals surface area contributed by atoms with E-state index in [1.807, 2.05) is 12.1 Å². The quantitative estimate of drug-likeness (QED) is 0.406. The summed E-state index contributed by atoms with van der Waals surface area (Å²) >= 11 is 3.56. The highest BCUT2D eigenvalue weighted by Crippen LogP contribution is 2.36. The van der Waals surface area contributed by atoms with Gasteiger partial charge in [0, 0.05) is 22.3 Å². The van der Waals surface area contributed by atoms with Gasteiger partial charge in [0.15, 0.2) is 11.0 Å². The minimum Gasteiger partial charge on any atom is -0.497 e. The molecule has 0 saturated heterocycles. The Bertz CT molecular complexity index is 916. The number of thioether (sulfide) groups is 2. The molecule has 2 aromatic carbocycles. The number of rotatable bonds is 7. The van der Waals surface area contributed by atoms with Crippen LogP contribution in [0, 0.1) is 0 Å². The van der Waals surface area contributed by atoms with E-state index in [1.54, 1.807) is 30.6 Å². The average Bonchev–Trinajstić information content (AvgIpc) is 3.22. The lowest BCUT2D eigenvalue weighted by atomic mass is 9.95. The highest BCUT2D eigenvalue weighted by Gasteiger charge is 2.23. The van der Waals surface area contributed by atoms with Crippen LogP contribution in [0.15, 0.2) is 58.6 Å². The standard InChI is InChI=1S/C23H27N3OS2/c1-27-20-12-10-18(11-13-20)22-24-25-23(26(22)19-6-4-3-5-7-19)29-16-17-8-14-21(28-2)15-9-17/h8-15,19H,3-7,16H2,1-2H3. The molecule has 0 bridgehead atoms. The molecule has 0 N–H and O–H groups in total. The molecule has 1 aliphatic rings. The van der Waals surface area contributed by atoms with Gasteiger partial charge in [-0.2, -0.15) is 0 Å². The van der Waals surface area contributed by atoms with E-state index in [0.717, 1.165) is 28.0 Å². The van der Waals surface area contributed by atoms with Crippen LogP contribution in [0.1, 0.15) is 43.7 Å². The summed E-state index contributed by atoms with van der Waals surface area (Å²) in [5.41, 5.74) is 2.41. The normalized spacial score (nSPS) is 14.8. The van der Waals surface area contributed by atoms with E-state index in [1.165, 1.54) is 42.6 Å². The Balaban J connectivity index is 1.60. The second-order valence-electron chi connectivity index (χ2n) is 7.33. The van der Waals surface area contributed by atoms with Gasteiger partial charge in [-0.1, -0.05) is 43.2 Å². The number of ether oxygens (including phenoxy) is 1. The zero-order valence-corrected chi connectivity index (χ0v) is 18.6. The van der Waals surface area contributed by atoms with Gasteiger partial charge in [0.05, 0.1) is 7.11 Å². The van der Waals surface area contributed by atoms with Crippen molar-refractivity contribution < 1.29 is 4.74 Å². The van der Waals surface area contributed by atoms with E-state index < -0.39 is 0 Å². The summed E-state index contributed by atoms with van der Waals surface area (Å²) < 4.78 is 7.70. The van der Waals surface area contributed by atoms with Crippen LogP contribution in [-0.4, -0.2) is 28.1 Å². The summed E-state index contributed by atoms with van der Waals surface area (Å²) in [5.74, 6) is 2.74. The number of hydrogen-bond donors (Lipinski definition) is 0. The molecule has 0 atom stereocenters. The first-order chi connectivity index (χ1) is 14.3. The van der Waals surface area contributed by atoms with Crippen LogP contribution >= 0.6 is 23.5 Å². The lowest BCUT2D eigenvalue weighted by Crippen LogP contribution is -2.15. The maximum Gasteiger partial charge on any atom is 0.192 e. The SMILES string of the molecule is COc1ccc(-c2nnc(SCc3ccc(SC)cc3)n2C2CCCCC2)cc1. The molecule has 1 saturated carbocycles. The van der Waals surface area contributed by atoms with Crippen LogP contribution in [0.3, 0.4) is 0 Å². The van der Waals surface area contributed by atoms with Crippen LogP contribution in [0.4, 0.5) is 0 Å². The molecule has 29 heavy (non-hydrogen) atoms. The van der Waals surface area contributed by atoms with Crippen molar-refractivity contribution in [3.63, 3.8) is 0 Å². The molecule has 4 rings (SSSR count). The summed E-state index contributed by atoms with van der Waals surface area (Å²) in [6.45, 7) is 0. The van der Waals surface area contributed by atoms with Crippen LogP contribution < -0.4 is 4.74 Å². The van der Waals surface area contributed by atoms with Gasteiger partial charge in [-0.05, 0) is 61.1 Å². The molecule has 0 amide bonds. The van der Waals surface area contributed by atoms with Crippen LogP contribution in [0.5, 0.6) is 5.75 Å². The van der Waals surface area contributed by atoms with Crippen molar-refractivity contribution in [1.29, 1.82) is 0 Å². The Morgan fingerprint density at radius 1 is 0.966 bits per heavy atom. The first-order valence-corrected chi connectivity index (χ1v) is 12.3. The fourth-order valence-electron chi connectivity index (χ4n) is 3.85. The molecule has 0 aliphatic heterocycles. The van der Waals surface area contributed by atoms with E-state index in [-0.39, 0.29) is 0 Å². The van der Waals surface area contributed by atoms with Crippen LogP contribution in [0.25, 0.3) is 11.4 Å². The highest BCUT2D eigenvalue weighted by atomic mass is 32.2. The van der Waals surface area contributed by atoms with Crippen molar-refractivity contribution in [2.45, 2.75) is 54.0 Å². The average molecular weight is 426 g/mol. The number of benzene rings is 2. The van der Waals surface area contributed by atoms with E-state index >= 15 is 0 Å². The molecule has 152 valence electrons. The molecule has 0 radical (unpaired) electrons. The number of methoxy groups -OCH3 is 1. The molecule has 3 aromatic rings. The fraction of sp³-hybridized carbons (Fsp3) is 0.391. The zero-order valence-electron chi connectivity index (χ0n) is 17.0. The van der Waals surface area contributed by atoms with Crippen LogP contribution in [0.2, 0.25) is 0 Å². The Labute approximate surface area is 181 Å². The van der Waals surface area contributed by atoms with Crippen LogP contribution in [-0.2, 0) is 5.75 Å². The summed E-state index contributed by atoms with van der Waals surface area (Å²) in [6, 6.07) is 17.4. The Hall–Kier alpha value is -1.92. The summed E-state index contributed by atoms with van der Waals surface area (Å²) in [7, 11) is 1.69. The molecule has 0 spiro atoms. The highest BCUT2D eigenvalue weighted by molar-refractivity contribution is 7.98. The van der Waals surface area contributed by atoms with Gasteiger partial charge in [-0.15, -0.1) is 22.0 Å². The Morgan fingerprint density at radius 3 is 2.34 bits per heavy atom. The smallest absolute Gasteiger partial charge is 0.192 e. The van der Waals surface area contributed by atoms with Gasteiger partial charge < -0.3 is 4.74 Å². The molecular weight excluding hydrogens is 398 g/mol. The van der Waals surface area contributed by atoms with Crippen molar-refractivity contribution in [3.05, 3.63) is 54.1 Å². The first-order valence-electron chi connectivity index (χ1n) is 10.1. The minimum absolute atomic E-state index is 0.484. The zero-order chi connectivity index (χ0) is 20.1. The van der Waals surface area contributed by atoms with Gasteiger partial charge in [0.25, 0.3) is 0 Å². The van der Waals surface area contributed by atoms with Crippen molar-refractivity contribution >= 4 is 23.5 Å². The third-order valence-corrected chi connectivity index (χ3v) is 7.24. The molecule has 1 fully saturated rings. The Morgan fingerprint density at radius 2 is 1.69 bits per heavy atom. The molecule has 1 aromatic heterocycles. The summed E-state index contributed by atoms with van der Waals surface area (Å²) in [4.78, 5) is 1.30. The fourth-order valence-corrected chi connectivity index (χ4v) is 5.22. The van der Waals surface area contributed by atoms with Crippen molar-refractivity contribution in [2.24, 2.45) is 0 Å². The van der Waals surface area contributed by atoms with E-state index in [9.17, 15) is 0 Å². The number of nitrogens with zero attached hydrogens (tertiary/aromatic N) is 3. The monoisotopic (exact) mass is 425 g/mol. The Kier molecular flexibility index (Phi) is 6.82. The van der Waals surface area contributed by atoms with Gasteiger partial charge >= 0.3 is 0 Å². The van der Waals surface area contributed by atoms with Crippen molar-refractivity contribution in [2.75, 3.05) is 13.4 Å². The molecule has 4 nitrogen and oxygen atoms in total. The largest absolute Gasteiger partial charge is 0.497 e. The van der Waals surface area contributed by atoms with Gasteiger partial charge in [-0.3, -0.25) is 4.57 Å². The first kappa shape index (κ1) is 20.4. The lowest BCUT2D eigenvalue weighted by Gasteiger charge is -2.25. The molecular formula is C23H27N3OS2. The number of hydrogen-bond acceptors (Lipinski definition) is 5. The molecule has 0 unspecified atom stereocenters. The maximum atomic E-state index is 5.31. The number of aromatic nitrogens is 3. The maximum absolute atomic E-state index is 5.31. The predicted octanol–water partition coefficient (Wildman–Crippen LogP) is 6.47. The second-order valence-corrected chi connectivity index (χ2v) is 9.16. The van der Waals surface area contributed by atoms with Gasteiger partial charge in [0.1, 0.15) is 5.75 Å². The minimum atomic E-state index is 0.484. The molecule has 6 heteroatoms. The van der Waals surface area contributed by atoms with Gasteiger partial charge in [0.2, 0.25) is 0 Å². The predicted molar refractivity (Wildman–Crippen MR) is 122 cm³/mol. The van der Waals surface area contributed by atoms with E-state index in [0.29, 0.717) is 6.04 Å². The van der Waals surface area contributed by atoms with E-state index in [2.05, 4.69) is 57.4 Å². The molecule has 1 aliphatic carbocycles. The third kappa shape index (κ3) is 4.81. The lowest BCUT2D eigenvalue weighted by molar-refractivity contribution is 0.339. The van der Waals surface area contributed by atoms with Gasteiger partial charge in [-0.25, -0.2) is 0 Å². The van der Waals surface area contributed by atoms with E-state index in [4.69, 9.17) is 4.74 Å². The molecule has 1 heterocycles. The van der Waals surface area contributed by atoms with Crippen molar-refractivity contribution in [3.8, 4) is 17.1 Å². The second kappa shape index (κ2) is 9.72. The third-order valence-electron chi connectivity index (χ3n) is 5.48. The summed E-state index contributed by atoms with van der Waals surface area (Å²) in [5, 5.41) is 10.2. The topological polar surface area (TPSA) is 39.9 Å². The van der Waals surface area contributed by atoms with Crippen molar-refractivity contribution in [1.82, 2.24) is 14.8 Å².